The van der Waals surface area contributed by atoms with Crippen LogP contribution in [0.1, 0.15) is 25.0 Å². The van der Waals surface area contributed by atoms with Gasteiger partial charge in [0.1, 0.15) is 43.3 Å². The van der Waals surface area contributed by atoms with Crippen molar-refractivity contribution < 1.29 is 19.7 Å². The van der Waals surface area contributed by atoms with Crippen LogP contribution >= 0.6 is 34.2 Å². The highest BCUT2D eigenvalue weighted by Crippen LogP contribution is 2.35. The van der Waals surface area contributed by atoms with E-state index < -0.39 is 12.2 Å². The Labute approximate surface area is 214 Å². The van der Waals surface area contributed by atoms with Gasteiger partial charge in [0.05, 0.1) is 9.45 Å². The van der Waals surface area contributed by atoms with Crippen LogP contribution in [0, 0.1) is 16.0 Å². The van der Waals surface area contributed by atoms with Crippen molar-refractivity contribution in [2.75, 3.05) is 32.7 Å². The summed E-state index contributed by atoms with van der Waals surface area (Å²) in [6.45, 7) is 4.99. The molecule has 0 saturated heterocycles. The number of hydrogen-bond acceptors (Lipinski definition) is 5. The molecular formula is C25H30ClIN2O4. The maximum absolute atomic E-state index is 10.1. The van der Waals surface area contributed by atoms with Gasteiger partial charge in [-0.25, -0.2) is 0 Å². The zero-order valence-corrected chi connectivity index (χ0v) is 22.0. The minimum absolute atomic E-state index is 0.138. The number of aliphatic imine (C=N–C) groups is 1. The summed E-state index contributed by atoms with van der Waals surface area (Å²) in [6.07, 6.45) is 5.20. The Morgan fingerprint density at radius 2 is 1.76 bits per heavy atom. The Bertz CT molecular complexity index is 960. The summed E-state index contributed by atoms with van der Waals surface area (Å²) in [7, 11) is 1.78. The Hall–Kier alpha value is -1.99. The highest BCUT2D eigenvalue weighted by Gasteiger charge is 2.24. The van der Waals surface area contributed by atoms with Gasteiger partial charge >= 0.3 is 0 Å². The standard InChI is InChI=1S/C25H30ClIN2O4/c1-5-28-17-29(4)14-21(31)16-32-22-9-6-18(7-10-22)25(2,3)19-8-11-24(23(27)12-19)33-15-20(30)13-26/h1,6-12,17,20-21,30-31H,13-16H2,2-4H3/t20-,21+/m1/s1. The minimum atomic E-state index is -0.691. The average molecular weight is 585 g/mol. The van der Waals surface area contributed by atoms with Crippen LogP contribution in [-0.2, 0) is 5.41 Å². The molecule has 2 atom stereocenters. The van der Waals surface area contributed by atoms with Crippen molar-refractivity contribution >= 4 is 40.5 Å². The van der Waals surface area contributed by atoms with Gasteiger partial charge in [0.25, 0.3) is 0 Å². The monoisotopic (exact) mass is 584 g/mol. The van der Waals surface area contributed by atoms with Crippen molar-refractivity contribution in [3.63, 3.8) is 0 Å². The molecule has 0 unspecified atom stereocenters. The molecule has 0 fully saturated rings. The average Bonchev–Trinajstić information content (AvgIpc) is 2.80. The summed E-state index contributed by atoms with van der Waals surface area (Å²) in [5.41, 5.74) is 2.02. The van der Waals surface area contributed by atoms with E-state index >= 15 is 0 Å². The van der Waals surface area contributed by atoms with Crippen molar-refractivity contribution in [1.82, 2.24) is 4.90 Å². The van der Waals surface area contributed by atoms with Crippen molar-refractivity contribution in [3.8, 4) is 24.0 Å². The number of alkyl halides is 1. The van der Waals surface area contributed by atoms with Crippen LogP contribution in [0.15, 0.2) is 47.5 Å². The van der Waals surface area contributed by atoms with E-state index in [0.717, 1.165) is 20.4 Å². The summed E-state index contributed by atoms with van der Waals surface area (Å²) >= 11 is 7.87. The lowest BCUT2D eigenvalue weighted by Gasteiger charge is -2.27. The van der Waals surface area contributed by atoms with Gasteiger partial charge in [0, 0.05) is 25.1 Å². The molecule has 2 rings (SSSR count). The van der Waals surface area contributed by atoms with Crippen LogP contribution in [0.4, 0.5) is 0 Å². The molecule has 0 spiro atoms. The minimum Gasteiger partial charge on any atom is -0.491 e. The largest absolute Gasteiger partial charge is 0.491 e. The third kappa shape index (κ3) is 8.38. The summed E-state index contributed by atoms with van der Waals surface area (Å²) < 4.78 is 12.4. The third-order valence-corrected chi connectivity index (χ3v) is 6.31. The van der Waals surface area contributed by atoms with Gasteiger partial charge in [-0.15, -0.1) is 11.6 Å². The second kappa shape index (κ2) is 13.0. The second-order valence-corrected chi connectivity index (χ2v) is 9.66. The van der Waals surface area contributed by atoms with Crippen molar-refractivity contribution in [2.45, 2.75) is 31.5 Å². The van der Waals surface area contributed by atoms with E-state index in [9.17, 15) is 10.2 Å². The van der Waals surface area contributed by atoms with E-state index in [4.69, 9.17) is 27.5 Å². The van der Waals surface area contributed by atoms with Crippen molar-refractivity contribution in [3.05, 3.63) is 57.2 Å². The van der Waals surface area contributed by atoms with Gasteiger partial charge in [-0.2, -0.15) is 4.99 Å². The first kappa shape index (κ1) is 27.3. The van der Waals surface area contributed by atoms with Crippen molar-refractivity contribution in [1.29, 1.82) is 0 Å². The molecule has 0 aliphatic rings. The Morgan fingerprint density at radius 3 is 2.36 bits per heavy atom. The van der Waals surface area contributed by atoms with Gasteiger partial charge in [-0.1, -0.05) is 38.5 Å². The number of aliphatic hydroxyl groups is 2. The molecule has 2 N–H and O–H groups in total. The molecule has 0 aliphatic heterocycles. The van der Waals surface area contributed by atoms with E-state index in [1.807, 2.05) is 36.4 Å². The molecule has 8 heteroatoms. The lowest BCUT2D eigenvalue weighted by molar-refractivity contribution is 0.0923. The molecule has 0 heterocycles. The van der Waals surface area contributed by atoms with Gasteiger partial charge in [-0.05, 0) is 58.0 Å². The predicted octanol–water partition coefficient (Wildman–Crippen LogP) is 3.89. The SMILES string of the molecule is C#CN=CN(C)C[C@H](O)COc1ccc(C(C)(C)c2ccc(OC[C@H](O)CCl)c(I)c2)cc1. The normalized spacial score (nSPS) is 13.4. The lowest BCUT2D eigenvalue weighted by Crippen LogP contribution is -2.32. The van der Waals surface area contributed by atoms with Crippen molar-refractivity contribution in [2.24, 2.45) is 4.99 Å². The van der Waals surface area contributed by atoms with Crippen LogP contribution in [0.25, 0.3) is 0 Å². The summed E-state index contributed by atoms with van der Waals surface area (Å²) in [5.74, 6) is 1.54. The van der Waals surface area contributed by atoms with Crippen LogP contribution in [0.3, 0.4) is 0 Å². The van der Waals surface area contributed by atoms with E-state index in [-0.39, 0.29) is 24.5 Å². The molecule has 2 aromatic carbocycles. The van der Waals surface area contributed by atoms with Gasteiger partial charge in [0.15, 0.2) is 0 Å². The number of nitrogens with zero attached hydrogens (tertiary/aromatic N) is 2. The maximum atomic E-state index is 10.1. The summed E-state index contributed by atoms with van der Waals surface area (Å²) in [6, 6.07) is 16.1. The number of aliphatic hydroxyl groups excluding tert-OH is 2. The molecule has 0 bridgehead atoms. The number of rotatable bonds is 12. The number of ether oxygens (including phenoxy) is 2. The second-order valence-electron chi connectivity index (χ2n) is 8.19. The van der Waals surface area contributed by atoms with E-state index in [1.165, 1.54) is 6.34 Å². The highest BCUT2D eigenvalue weighted by molar-refractivity contribution is 14.1. The zero-order chi connectivity index (χ0) is 24.4. The third-order valence-electron chi connectivity index (χ3n) is 5.11. The predicted molar refractivity (Wildman–Crippen MR) is 141 cm³/mol. The first-order valence-electron chi connectivity index (χ1n) is 10.4. The number of hydrogen-bond donors (Lipinski definition) is 2. The molecule has 178 valence electrons. The lowest BCUT2D eigenvalue weighted by atomic mass is 9.78. The summed E-state index contributed by atoms with van der Waals surface area (Å²) in [5, 5.41) is 19.7. The van der Waals surface area contributed by atoms with E-state index in [2.05, 4.69) is 53.5 Å². The van der Waals surface area contributed by atoms with Gasteiger partial charge < -0.3 is 24.6 Å². The number of terminal acetylenes is 1. The quantitative estimate of drug-likeness (QED) is 0.130. The van der Waals surface area contributed by atoms with Crippen LogP contribution < -0.4 is 9.47 Å². The molecule has 0 aromatic heterocycles. The molecule has 33 heavy (non-hydrogen) atoms. The van der Waals surface area contributed by atoms with E-state index in [1.54, 1.807) is 11.9 Å². The van der Waals surface area contributed by atoms with Crippen LogP contribution in [0.2, 0.25) is 0 Å². The molecule has 0 saturated carbocycles. The molecule has 2 aromatic rings. The molecule has 6 nitrogen and oxygen atoms in total. The highest BCUT2D eigenvalue weighted by atomic mass is 127. The Balaban J connectivity index is 2.00. The first-order valence-corrected chi connectivity index (χ1v) is 12.1. The fraction of sp³-hybridized carbons (Fsp3) is 0.400. The molecule has 0 radical (unpaired) electrons. The molecule has 0 amide bonds. The Morgan fingerprint density at radius 1 is 1.12 bits per heavy atom. The summed E-state index contributed by atoms with van der Waals surface area (Å²) in [4.78, 5) is 5.39. The van der Waals surface area contributed by atoms with Crippen LogP contribution in [0.5, 0.6) is 11.5 Å². The molecular weight excluding hydrogens is 555 g/mol. The fourth-order valence-electron chi connectivity index (χ4n) is 3.13. The number of halogens is 2. The smallest absolute Gasteiger partial charge is 0.132 e. The van der Waals surface area contributed by atoms with E-state index in [0.29, 0.717) is 12.3 Å². The van der Waals surface area contributed by atoms with Crippen LogP contribution in [-0.4, -0.2) is 66.3 Å². The number of benzene rings is 2. The van der Waals surface area contributed by atoms with Gasteiger partial charge in [-0.3, -0.25) is 0 Å². The fourth-order valence-corrected chi connectivity index (χ4v) is 3.89. The molecule has 0 aliphatic carbocycles. The zero-order valence-electron chi connectivity index (χ0n) is 19.0. The van der Waals surface area contributed by atoms with Gasteiger partial charge in [0.2, 0.25) is 0 Å². The topological polar surface area (TPSA) is 74.5 Å². The number of likely N-dealkylation sites (N-methyl/N-ethyl adjacent to an activating group) is 1. The Kier molecular flexibility index (Phi) is 10.8. The first-order chi connectivity index (χ1) is 15.7. The maximum Gasteiger partial charge on any atom is 0.132 e.